The number of carbonyl (C=O) groups is 2. The van der Waals surface area contributed by atoms with E-state index in [0.29, 0.717) is 27.6 Å². The van der Waals surface area contributed by atoms with E-state index in [0.717, 1.165) is 11.1 Å². The van der Waals surface area contributed by atoms with Crippen molar-refractivity contribution in [2.75, 3.05) is 12.0 Å². The third-order valence-electron chi connectivity index (χ3n) is 5.38. The SMILES string of the molecule is COc1cc(/C(O)=C2/C(=O)C(=O)N(c3cc(C)cc(C)c3)C2c2ccncc2)ccc1Cl. The molecule has 1 unspecified atom stereocenters. The van der Waals surface area contributed by atoms with Crippen molar-refractivity contribution in [1.29, 1.82) is 0 Å². The normalized spacial score (nSPS) is 17.6. The molecule has 4 rings (SSSR count). The highest BCUT2D eigenvalue weighted by atomic mass is 35.5. The van der Waals surface area contributed by atoms with Crippen LogP contribution in [0.15, 0.2) is 66.5 Å². The first-order chi connectivity index (χ1) is 15.3. The number of aliphatic hydroxyl groups is 1. The average Bonchev–Trinajstić information content (AvgIpc) is 3.04. The molecule has 1 fully saturated rings. The van der Waals surface area contributed by atoms with Crippen molar-refractivity contribution in [3.8, 4) is 5.75 Å². The number of hydrogen-bond acceptors (Lipinski definition) is 5. The van der Waals surface area contributed by atoms with Crippen molar-refractivity contribution in [1.82, 2.24) is 4.98 Å². The van der Waals surface area contributed by atoms with Crippen LogP contribution in [-0.2, 0) is 9.59 Å². The van der Waals surface area contributed by atoms with Gasteiger partial charge in [-0.05, 0) is 73.0 Å². The first kappa shape index (κ1) is 21.6. The number of pyridine rings is 1. The fraction of sp³-hybridized carbons (Fsp3) is 0.160. The number of ether oxygens (including phenoxy) is 1. The lowest BCUT2D eigenvalue weighted by molar-refractivity contribution is -0.132. The zero-order valence-corrected chi connectivity index (χ0v) is 18.6. The van der Waals surface area contributed by atoms with E-state index in [1.54, 1.807) is 36.7 Å². The van der Waals surface area contributed by atoms with Gasteiger partial charge in [0.1, 0.15) is 11.5 Å². The number of benzene rings is 2. The Morgan fingerprint density at radius 3 is 2.31 bits per heavy atom. The number of anilines is 1. The number of aliphatic hydroxyl groups excluding tert-OH is 1. The molecule has 1 amide bonds. The van der Waals surface area contributed by atoms with Gasteiger partial charge in [-0.3, -0.25) is 19.5 Å². The summed E-state index contributed by atoms with van der Waals surface area (Å²) in [4.78, 5) is 31.9. The number of methoxy groups -OCH3 is 1. The molecule has 7 heteroatoms. The summed E-state index contributed by atoms with van der Waals surface area (Å²) in [5, 5.41) is 11.6. The minimum Gasteiger partial charge on any atom is -0.507 e. The van der Waals surface area contributed by atoms with Crippen molar-refractivity contribution < 1.29 is 19.4 Å². The van der Waals surface area contributed by atoms with Crippen LogP contribution in [0.3, 0.4) is 0 Å². The number of carbonyl (C=O) groups excluding carboxylic acids is 2. The Bertz CT molecular complexity index is 1230. The van der Waals surface area contributed by atoms with Gasteiger partial charge < -0.3 is 9.84 Å². The Labute approximate surface area is 190 Å². The molecule has 1 aromatic heterocycles. The van der Waals surface area contributed by atoms with Crippen molar-refractivity contribution in [2.24, 2.45) is 0 Å². The maximum Gasteiger partial charge on any atom is 0.300 e. The molecule has 0 aliphatic carbocycles. The Hall–Kier alpha value is -3.64. The van der Waals surface area contributed by atoms with E-state index in [4.69, 9.17) is 16.3 Å². The molecule has 1 atom stereocenters. The van der Waals surface area contributed by atoms with E-state index in [1.165, 1.54) is 18.1 Å². The molecule has 2 aromatic carbocycles. The second-order valence-electron chi connectivity index (χ2n) is 7.64. The Morgan fingerprint density at radius 2 is 1.69 bits per heavy atom. The van der Waals surface area contributed by atoms with Gasteiger partial charge in [0.15, 0.2) is 0 Å². The number of amides is 1. The smallest absolute Gasteiger partial charge is 0.300 e. The topological polar surface area (TPSA) is 79.7 Å². The van der Waals surface area contributed by atoms with Gasteiger partial charge in [-0.2, -0.15) is 0 Å². The van der Waals surface area contributed by atoms with Crippen LogP contribution in [0.1, 0.15) is 28.3 Å². The minimum absolute atomic E-state index is 0.00950. The number of Topliss-reactive ketones (excluding diaryl/α,β-unsaturated/α-hetero) is 1. The number of ketones is 1. The zero-order valence-electron chi connectivity index (χ0n) is 17.8. The van der Waals surface area contributed by atoms with Gasteiger partial charge in [0.2, 0.25) is 0 Å². The number of halogens is 1. The van der Waals surface area contributed by atoms with Crippen LogP contribution in [0.5, 0.6) is 5.75 Å². The molecule has 3 aromatic rings. The van der Waals surface area contributed by atoms with Crippen LogP contribution in [0.25, 0.3) is 5.76 Å². The van der Waals surface area contributed by atoms with Gasteiger partial charge in [-0.25, -0.2) is 0 Å². The standard InChI is InChI=1S/C25H21ClN2O4/c1-14-10-15(2)12-18(11-14)28-22(16-6-8-27-9-7-16)21(24(30)25(28)31)23(29)17-4-5-19(26)20(13-17)32-3/h4-13,22,29H,1-3H3/b23-21-. The Morgan fingerprint density at radius 1 is 1.03 bits per heavy atom. The number of aryl methyl sites for hydroxylation is 2. The van der Waals surface area contributed by atoms with Crippen LogP contribution in [0.4, 0.5) is 5.69 Å². The maximum atomic E-state index is 13.2. The first-order valence-corrected chi connectivity index (χ1v) is 10.3. The second kappa shape index (κ2) is 8.48. The van der Waals surface area contributed by atoms with E-state index in [2.05, 4.69) is 4.98 Å². The van der Waals surface area contributed by atoms with E-state index in [-0.39, 0.29) is 11.3 Å². The summed E-state index contributed by atoms with van der Waals surface area (Å²) in [5.41, 5.74) is 3.46. The lowest BCUT2D eigenvalue weighted by Crippen LogP contribution is -2.29. The number of hydrogen-bond donors (Lipinski definition) is 1. The molecule has 0 bridgehead atoms. The van der Waals surface area contributed by atoms with E-state index >= 15 is 0 Å². The third kappa shape index (κ3) is 3.74. The Kier molecular flexibility index (Phi) is 5.72. The molecule has 32 heavy (non-hydrogen) atoms. The van der Waals surface area contributed by atoms with E-state index in [9.17, 15) is 14.7 Å². The monoisotopic (exact) mass is 448 g/mol. The number of nitrogens with zero attached hydrogens (tertiary/aromatic N) is 2. The Balaban J connectivity index is 1.96. The van der Waals surface area contributed by atoms with Gasteiger partial charge in [-0.1, -0.05) is 17.7 Å². The predicted octanol–water partition coefficient (Wildman–Crippen LogP) is 4.99. The fourth-order valence-electron chi connectivity index (χ4n) is 4.01. The third-order valence-corrected chi connectivity index (χ3v) is 5.69. The molecule has 1 aliphatic rings. The van der Waals surface area contributed by atoms with Crippen LogP contribution < -0.4 is 9.64 Å². The largest absolute Gasteiger partial charge is 0.507 e. The minimum atomic E-state index is -0.819. The molecule has 0 radical (unpaired) electrons. The summed E-state index contributed by atoms with van der Waals surface area (Å²) in [6.07, 6.45) is 3.17. The summed E-state index contributed by atoms with van der Waals surface area (Å²) >= 11 is 6.11. The van der Waals surface area contributed by atoms with Crippen LogP contribution in [0.2, 0.25) is 5.02 Å². The molecular formula is C25H21ClN2O4. The number of aromatic nitrogens is 1. The maximum absolute atomic E-state index is 13.2. The highest BCUT2D eigenvalue weighted by molar-refractivity contribution is 6.51. The summed E-state index contributed by atoms with van der Waals surface area (Å²) in [7, 11) is 1.46. The van der Waals surface area contributed by atoms with Crippen molar-refractivity contribution >= 4 is 34.7 Å². The highest BCUT2D eigenvalue weighted by Gasteiger charge is 2.47. The van der Waals surface area contributed by atoms with Crippen LogP contribution >= 0.6 is 11.6 Å². The molecule has 162 valence electrons. The van der Waals surface area contributed by atoms with Crippen molar-refractivity contribution in [3.05, 3.63) is 93.8 Å². The highest BCUT2D eigenvalue weighted by Crippen LogP contribution is 2.43. The lowest BCUT2D eigenvalue weighted by atomic mass is 9.95. The lowest BCUT2D eigenvalue weighted by Gasteiger charge is -2.26. The summed E-state index contributed by atoms with van der Waals surface area (Å²) < 4.78 is 5.24. The molecule has 1 aliphatic heterocycles. The van der Waals surface area contributed by atoms with Gasteiger partial charge in [0.25, 0.3) is 11.7 Å². The molecule has 1 N–H and O–H groups in total. The molecule has 6 nitrogen and oxygen atoms in total. The van der Waals surface area contributed by atoms with E-state index < -0.39 is 17.7 Å². The van der Waals surface area contributed by atoms with Gasteiger partial charge in [0.05, 0.1) is 23.7 Å². The molecule has 0 spiro atoms. The second-order valence-corrected chi connectivity index (χ2v) is 8.05. The van der Waals surface area contributed by atoms with Crippen LogP contribution in [-0.4, -0.2) is 28.9 Å². The van der Waals surface area contributed by atoms with Crippen LogP contribution in [0, 0.1) is 13.8 Å². The summed E-state index contributed by atoms with van der Waals surface area (Å²) in [6.45, 7) is 3.85. The summed E-state index contributed by atoms with van der Waals surface area (Å²) in [6, 6.07) is 13.0. The molecule has 0 saturated carbocycles. The molecule has 2 heterocycles. The molecular weight excluding hydrogens is 428 g/mol. The first-order valence-electron chi connectivity index (χ1n) is 9.95. The van der Waals surface area contributed by atoms with Gasteiger partial charge >= 0.3 is 0 Å². The fourth-order valence-corrected chi connectivity index (χ4v) is 4.21. The average molecular weight is 449 g/mol. The summed E-state index contributed by atoms with van der Waals surface area (Å²) in [5.74, 6) is -1.43. The van der Waals surface area contributed by atoms with Gasteiger partial charge in [0, 0.05) is 23.6 Å². The van der Waals surface area contributed by atoms with Crippen molar-refractivity contribution in [2.45, 2.75) is 19.9 Å². The zero-order chi connectivity index (χ0) is 23.0. The van der Waals surface area contributed by atoms with E-state index in [1.807, 2.05) is 32.0 Å². The predicted molar refractivity (Wildman–Crippen MR) is 123 cm³/mol. The molecule has 1 saturated heterocycles. The van der Waals surface area contributed by atoms with Gasteiger partial charge in [-0.15, -0.1) is 0 Å². The quantitative estimate of drug-likeness (QED) is 0.345. The number of rotatable bonds is 4. The van der Waals surface area contributed by atoms with Crippen molar-refractivity contribution in [3.63, 3.8) is 0 Å².